The number of rotatable bonds is 11. The number of thiophene rings is 1. The summed E-state index contributed by atoms with van der Waals surface area (Å²) < 4.78 is 8.09. The zero-order chi connectivity index (χ0) is 27.7. The average Bonchev–Trinajstić information content (AvgIpc) is 3.77. The second-order valence-corrected chi connectivity index (χ2v) is 11.0. The van der Waals surface area contributed by atoms with Crippen LogP contribution < -0.4 is 0 Å². The molecule has 208 valence electrons. The zero-order valence-corrected chi connectivity index (χ0v) is 23.8. The first-order valence-electron chi connectivity index (χ1n) is 13.9. The van der Waals surface area contributed by atoms with E-state index in [0.29, 0.717) is 38.5 Å². The van der Waals surface area contributed by atoms with Crippen LogP contribution in [0.25, 0.3) is 6.08 Å². The lowest BCUT2D eigenvalue weighted by molar-refractivity contribution is 0.0616. The van der Waals surface area contributed by atoms with Crippen LogP contribution in [-0.2, 0) is 13.1 Å². The average molecular weight is 557 g/mol. The van der Waals surface area contributed by atoms with Gasteiger partial charge in [0.25, 0.3) is 11.8 Å². The number of nitrogens with zero attached hydrogens (tertiary/aromatic N) is 4. The summed E-state index contributed by atoms with van der Waals surface area (Å²) >= 11 is 1.47. The van der Waals surface area contributed by atoms with Crippen LogP contribution in [0.1, 0.15) is 50.6 Å². The summed E-state index contributed by atoms with van der Waals surface area (Å²) in [5.41, 5.74) is 2.22. The van der Waals surface area contributed by atoms with E-state index in [1.54, 1.807) is 6.07 Å². The molecular weight excluding hydrogens is 520 g/mol. The van der Waals surface area contributed by atoms with Gasteiger partial charge in [-0.2, -0.15) is 0 Å². The van der Waals surface area contributed by atoms with Crippen LogP contribution in [0.5, 0.6) is 0 Å². The highest BCUT2D eigenvalue weighted by Crippen LogP contribution is 2.18. The third-order valence-corrected chi connectivity index (χ3v) is 7.98. The molecule has 1 aliphatic heterocycles. The van der Waals surface area contributed by atoms with Crippen molar-refractivity contribution < 1.29 is 14.0 Å². The maximum absolute atomic E-state index is 13.1. The van der Waals surface area contributed by atoms with Gasteiger partial charge in [-0.25, -0.2) is 0 Å². The minimum absolute atomic E-state index is 0.0581. The maximum Gasteiger partial charge on any atom is 0.289 e. The molecule has 3 aromatic heterocycles. The quantitative estimate of drug-likeness (QED) is 0.237. The smallest absolute Gasteiger partial charge is 0.289 e. The topological polar surface area (TPSA) is 61.9 Å². The molecule has 0 atom stereocenters. The van der Waals surface area contributed by atoms with E-state index in [0.717, 1.165) is 42.4 Å². The van der Waals surface area contributed by atoms with E-state index in [9.17, 15) is 9.59 Å². The number of benzene rings is 1. The number of carbonyl (C=O) groups is 2. The Balaban J connectivity index is 1.14. The van der Waals surface area contributed by atoms with Crippen LogP contribution in [-0.4, -0.2) is 70.3 Å². The first-order chi connectivity index (χ1) is 19.6. The Morgan fingerprint density at radius 3 is 2.55 bits per heavy atom. The van der Waals surface area contributed by atoms with Gasteiger partial charge in [0.2, 0.25) is 0 Å². The fraction of sp³-hybridized carbons (Fsp3) is 0.312. The summed E-state index contributed by atoms with van der Waals surface area (Å²) in [6.07, 6.45) is 7.20. The van der Waals surface area contributed by atoms with E-state index in [1.807, 2.05) is 69.9 Å². The van der Waals surface area contributed by atoms with Crippen molar-refractivity contribution in [1.29, 1.82) is 0 Å². The molecule has 1 aromatic carbocycles. The first-order valence-corrected chi connectivity index (χ1v) is 14.8. The molecule has 1 aliphatic rings. The van der Waals surface area contributed by atoms with Crippen molar-refractivity contribution in [3.63, 3.8) is 0 Å². The molecule has 1 saturated heterocycles. The van der Waals surface area contributed by atoms with Crippen LogP contribution in [0.2, 0.25) is 0 Å². The van der Waals surface area contributed by atoms with Gasteiger partial charge in [0.1, 0.15) is 5.76 Å². The van der Waals surface area contributed by atoms with Crippen molar-refractivity contribution in [3.05, 3.63) is 112 Å². The van der Waals surface area contributed by atoms with Crippen LogP contribution in [0.15, 0.2) is 88.8 Å². The molecule has 2 amide bonds. The van der Waals surface area contributed by atoms with E-state index < -0.39 is 0 Å². The molecule has 0 radical (unpaired) electrons. The first kappa shape index (κ1) is 27.7. The van der Waals surface area contributed by atoms with E-state index in [4.69, 9.17) is 4.42 Å². The Bertz CT molecular complexity index is 1400. The van der Waals surface area contributed by atoms with Gasteiger partial charge in [-0.15, -0.1) is 11.3 Å². The summed E-state index contributed by atoms with van der Waals surface area (Å²) in [4.78, 5) is 33.0. The monoisotopic (exact) mass is 556 g/mol. The van der Waals surface area contributed by atoms with Gasteiger partial charge in [0, 0.05) is 51.2 Å². The minimum atomic E-state index is -0.0610. The molecule has 0 saturated carbocycles. The lowest BCUT2D eigenvalue weighted by atomic mass is 10.2. The van der Waals surface area contributed by atoms with Crippen molar-refractivity contribution in [2.45, 2.75) is 26.4 Å². The van der Waals surface area contributed by atoms with Gasteiger partial charge in [0.05, 0.1) is 18.0 Å². The molecule has 5 rings (SSSR count). The number of aromatic nitrogens is 1. The Morgan fingerprint density at radius 1 is 0.975 bits per heavy atom. The molecule has 0 spiro atoms. The Morgan fingerprint density at radius 2 is 1.80 bits per heavy atom. The lowest BCUT2D eigenvalue weighted by Crippen LogP contribution is -2.48. The molecule has 0 N–H and O–H groups in total. The molecule has 0 bridgehead atoms. The number of piperazine rings is 1. The molecule has 4 aromatic rings. The number of furan rings is 1. The van der Waals surface area contributed by atoms with Gasteiger partial charge in [0.15, 0.2) is 5.76 Å². The predicted octanol–water partition coefficient (Wildman–Crippen LogP) is 5.71. The molecule has 40 heavy (non-hydrogen) atoms. The summed E-state index contributed by atoms with van der Waals surface area (Å²) in [5.74, 6) is 1.09. The molecular formula is C32H36N4O3S. The van der Waals surface area contributed by atoms with Gasteiger partial charge in [-0.3, -0.25) is 14.5 Å². The lowest BCUT2D eigenvalue weighted by Gasteiger charge is -2.33. The highest BCUT2D eigenvalue weighted by molar-refractivity contribution is 7.12. The van der Waals surface area contributed by atoms with Crippen molar-refractivity contribution >= 4 is 29.2 Å². The van der Waals surface area contributed by atoms with Crippen molar-refractivity contribution in [2.75, 3.05) is 39.3 Å². The predicted molar refractivity (Wildman–Crippen MR) is 159 cm³/mol. The van der Waals surface area contributed by atoms with Crippen LogP contribution >= 0.6 is 11.3 Å². The molecule has 0 unspecified atom stereocenters. The Kier molecular flexibility index (Phi) is 9.31. The van der Waals surface area contributed by atoms with Gasteiger partial charge >= 0.3 is 0 Å². The van der Waals surface area contributed by atoms with E-state index in [1.165, 1.54) is 16.9 Å². The standard InChI is InChI=1S/C32H36N4O3S/c1-2-16-36(32(38)30-13-8-23-40-30)24-27-12-7-18-35(27)25-28-14-15-29(39-28)31(37)34-21-19-33(20-22-34)17-6-11-26-9-4-3-5-10-26/h3-15,18,23H,2,16-17,19-22,24-25H2,1H3. The summed E-state index contributed by atoms with van der Waals surface area (Å²) in [6.45, 7) is 7.71. The minimum Gasteiger partial charge on any atom is -0.454 e. The SMILES string of the molecule is CCCN(Cc1cccn1Cc1ccc(C(=O)N2CCN(CC=Cc3ccccc3)CC2)o1)C(=O)c1cccs1. The largest absolute Gasteiger partial charge is 0.454 e. The van der Waals surface area contributed by atoms with Crippen molar-refractivity contribution in [1.82, 2.24) is 19.3 Å². The number of amides is 2. The number of hydrogen-bond acceptors (Lipinski definition) is 5. The van der Waals surface area contributed by atoms with Gasteiger partial charge < -0.3 is 18.8 Å². The van der Waals surface area contributed by atoms with Crippen molar-refractivity contribution in [3.8, 4) is 0 Å². The Labute approximate surface area is 239 Å². The van der Waals surface area contributed by atoms with E-state index in [2.05, 4.69) is 40.7 Å². The summed E-state index contributed by atoms with van der Waals surface area (Å²) in [5, 5.41) is 1.93. The fourth-order valence-corrected chi connectivity index (χ4v) is 5.65. The fourth-order valence-electron chi connectivity index (χ4n) is 4.96. The Hall–Kier alpha value is -3.88. The van der Waals surface area contributed by atoms with Crippen LogP contribution in [0, 0.1) is 0 Å². The number of carbonyl (C=O) groups excluding carboxylic acids is 2. The van der Waals surface area contributed by atoms with E-state index >= 15 is 0 Å². The second kappa shape index (κ2) is 13.5. The van der Waals surface area contributed by atoms with E-state index in [-0.39, 0.29) is 11.8 Å². The second-order valence-electron chi connectivity index (χ2n) is 10.0. The molecule has 0 aliphatic carbocycles. The molecule has 4 heterocycles. The van der Waals surface area contributed by atoms with Crippen LogP contribution in [0.3, 0.4) is 0 Å². The molecule has 8 heteroatoms. The normalized spacial score (nSPS) is 14.2. The maximum atomic E-state index is 13.1. The molecule has 7 nitrogen and oxygen atoms in total. The molecule has 1 fully saturated rings. The zero-order valence-electron chi connectivity index (χ0n) is 22.9. The third kappa shape index (κ3) is 7.00. The van der Waals surface area contributed by atoms with Gasteiger partial charge in [-0.1, -0.05) is 55.5 Å². The highest BCUT2D eigenvalue weighted by atomic mass is 32.1. The van der Waals surface area contributed by atoms with Crippen LogP contribution in [0.4, 0.5) is 0 Å². The van der Waals surface area contributed by atoms with Gasteiger partial charge in [-0.05, 0) is 47.7 Å². The van der Waals surface area contributed by atoms with Crippen molar-refractivity contribution in [2.24, 2.45) is 0 Å². The third-order valence-electron chi connectivity index (χ3n) is 7.12. The summed E-state index contributed by atoms with van der Waals surface area (Å²) in [6, 6.07) is 21.7. The number of hydrogen-bond donors (Lipinski definition) is 0. The highest BCUT2D eigenvalue weighted by Gasteiger charge is 2.24. The summed E-state index contributed by atoms with van der Waals surface area (Å²) in [7, 11) is 0.